The molecular weight excluding hydrogens is 585 g/mol. The van der Waals surface area contributed by atoms with Gasteiger partial charge in [-0.25, -0.2) is 0 Å². The minimum Gasteiger partial charge on any atom is -0.413 e. The van der Waals surface area contributed by atoms with E-state index in [-0.39, 0.29) is 34.9 Å². The molecule has 0 bridgehead atoms. The van der Waals surface area contributed by atoms with Crippen molar-refractivity contribution in [2.45, 2.75) is 123 Å². The molecule has 0 aliphatic heterocycles. The molecule has 2 fully saturated rings. The second-order valence-electron chi connectivity index (χ2n) is 14.4. The zero-order chi connectivity index (χ0) is 32.7. The van der Waals surface area contributed by atoms with Crippen molar-refractivity contribution >= 4 is 32.8 Å². The number of carbonyl (C=O) groups is 1. The molecule has 0 unspecified atom stereocenters. The van der Waals surface area contributed by atoms with Crippen LogP contribution >= 0.6 is 0 Å². The number of rotatable bonds is 11. The predicted octanol–water partition coefficient (Wildman–Crippen LogP) is 8.38. The highest BCUT2D eigenvalue weighted by Gasteiger charge is 2.56. The van der Waals surface area contributed by atoms with Gasteiger partial charge in [-0.3, -0.25) is 4.79 Å². The van der Waals surface area contributed by atoms with Crippen molar-refractivity contribution in [1.29, 1.82) is 0 Å². The maximum atomic E-state index is 13.1. The van der Waals surface area contributed by atoms with Gasteiger partial charge in [0.15, 0.2) is 8.32 Å². The smallest absolute Gasteiger partial charge is 0.261 e. The van der Waals surface area contributed by atoms with Crippen LogP contribution in [0.2, 0.25) is 23.2 Å². The SMILES string of the molecule is CCC#CC[C@H](C)C(=O)C#C[C@@H]1[C@H]2C[C@@H](O[Si](c3ccccc3)(c3ccccc3)C(C)(C)C)C[C@H]2C[C@H]1O[Si](CC)(CC)CC. The zero-order valence-electron chi connectivity index (χ0n) is 29.1. The summed E-state index contributed by atoms with van der Waals surface area (Å²) < 4.78 is 14.8. The molecule has 0 heterocycles. The van der Waals surface area contributed by atoms with Crippen LogP contribution in [-0.4, -0.2) is 34.6 Å². The largest absolute Gasteiger partial charge is 0.413 e. The van der Waals surface area contributed by atoms with Crippen LogP contribution in [-0.2, 0) is 13.6 Å². The molecule has 242 valence electrons. The van der Waals surface area contributed by atoms with Crippen molar-refractivity contribution in [3.05, 3.63) is 60.7 Å². The highest BCUT2D eigenvalue weighted by atomic mass is 28.4. The van der Waals surface area contributed by atoms with Crippen molar-refractivity contribution in [2.24, 2.45) is 23.7 Å². The number of benzene rings is 2. The molecule has 2 saturated carbocycles. The Hall–Kier alpha value is -2.42. The van der Waals surface area contributed by atoms with E-state index in [0.717, 1.165) is 43.8 Å². The van der Waals surface area contributed by atoms with Gasteiger partial charge in [0.05, 0.1) is 6.10 Å². The van der Waals surface area contributed by atoms with Gasteiger partial charge in [0.2, 0.25) is 5.78 Å². The summed E-state index contributed by atoms with van der Waals surface area (Å²) in [5.74, 6) is 13.7. The molecule has 3 nitrogen and oxygen atoms in total. The van der Waals surface area contributed by atoms with E-state index in [1.165, 1.54) is 10.4 Å². The van der Waals surface area contributed by atoms with Gasteiger partial charge >= 0.3 is 0 Å². The van der Waals surface area contributed by atoms with Crippen molar-refractivity contribution in [3.8, 4) is 23.7 Å². The van der Waals surface area contributed by atoms with E-state index in [4.69, 9.17) is 8.85 Å². The van der Waals surface area contributed by atoms with Gasteiger partial charge in [0, 0.05) is 30.8 Å². The third kappa shape index (κ3) is 7.77. The molecule has 2 aliphatic rings. The fourth-order valence-corrected chi connectivity index (χ4v) is 15.5. The lowest BCUT2D eigenvalue weighted by Crippen LogP contribution is -2.67. The number of Topliss-reactive ketones (excluding diaryl/α,β-unsaturated/α-hetero) is 1. The molecule has 6 atom stereocenters. The molecule has 45 heavy (non-hydrogen) atoms. The molecule has 2 aromatic rings. The van der Waals surface area contributed by atoms with Crippen LogP contribution in [0.25, 0.3) is 0 Å². The minimum absolute atomic E-state index is 0.00527. The first-order valence-corrected chi connectivity index (χ1v) is 22.0. The summed E-state index contributed by atoms with van der Waals surface area (Å²) in [7, 11) is -4.49. The molecule has 2 aromatic carbocycles. The Kier molecular flexibility index (Phi) is 12.2. The molecule has 4 rings (SSSR count). The Morgan fingerprint density at radius 3 is 1.93 bits per heavy atom. The predicted molar refractivity (Wildman–Crippen MR) is 194 cm³/mol. The van der Waals surface area contributed by atoms with Gasteiger partial charge in [-0.2, -0.15) is 0 Å². The first-order chi connectivity index (χ1) is 21.5. The fraction of sp³-hybridized carbons (Fsp3) is 0.575. The molecule has 2 aliphatic carbocycles. The second kappa shape index (κ2) is 15.4. The average Bonchev–Trinajstić information content (AvgIpc) is 3.58. The van der Waals surface area contributed by atoms with Crippen LogP contribution in [0.3, 0.4) is 0 Å². The van der Waals surface area contributed by atoms with E-state index in [2.05, 4.69) is 126 Å². The number of hydrogen-bond acceptors (Lipinski definition) is 3. The molecule has 0 radical (unpaired) electrons. The second-order valence-corrected chi connectivity index (χ2v) is 23.4. The molecular formula is C40H56O3Si2. The van der Waals surface area contributed by atoms with Crippen molar-refractivity contribution < 1.29 is 13.6 Å². The first-order valence-electron chi connectivity index (χ1n) is 17.5. The Balaban J connectivity index is 1.66. The summed E-state index contributed by atoms with van der Waals surface area (Å²) in [5.41, 5.74) is 0. The summed E-state index contributed by atoms with van der Waals surface area (Å²) in [6, 6.07) is 25.3. The van der Waals surface area contributed by atoms with Crippen molar-refractivity contribution in [1.82, 2.24) is 0 Å². The fourth-order valence-electron chi connectivity index (χ4n) is 7.94. The minimum atomic E-state index is -2.65. The number of carbonyl (C=O) groups excluding carboxylic acids is 1. The highest BCUT2D eigenvalue weighted by molar-refractivity contribution is 6.99. The number of ketones is 1. The lowest BCUT2D eigenvalue weighted by molar-refractivity contribution is -0.116. The molecule has 0 spiro atoms. The molecule has 0 amide bonds. The first kappa shape index (κ1) is 35.4. The lowest BCUT2D eigenvalue weighted by atomic mass is 9.91. The van der Waals surface area contributed by atoms with Gasteiger partial charge in [0.25, 0.3) is 8.32 Å². The van der Waals surface area contributed by atoms with E-state index in [1.54, 1.807) is 0 Å². The maximum absolute atomic E-state index is 13.1. The number of hydrogen-bond donors (Lipinski definition) is 0. The van der Waals surface area contributed by atoms with Gasteiger partial charge < -0.3 is 8.85 Å². The summed E-state index contributed by atoms with van der Waals surface area (Å²) >= 11 is 0. The standard InChI is InChI=1S/C40H56O3Si2/c1-9-13-16-21-31(5)38(41)27-26-36-37-30-33(28-32(37)29-39(36)43-44(10-2,11-3)12-4)42-45(40(6,7)8,34-22-17-14-18-23-34)35-24-19-15-20-25-35/h14-15,17-20,22-25,31-33,36-37,39H,9-12,21,28-30H2,1-8H3/t31-,32-,33-,36+,37-,39+/m0/s1. The summed E-state index contributed by atoms with van der Waals surface area (Å²) in [6.45, 7) is 18.0. The van der Waals surface area contributed by atoms with Crippen LogP contribution in [0, 0.1) is 47.4 Å². The Bertz CT molecular complexity index is 1320. The third-order valence-electron chi connectivity index (χ3n) is 10.7. The van der Waals surface area contributed by atoms with Gasteiger partial charge in [-0.15, -0.1) is 11.8 Å². The summed E-state index contributed by atoms with van der Waals surface area (Å²) in [6.07, 6.45) is 4.67. The normalized spacial score (nSPS) is 23.8. The van der Waals surface area contributed by atoms with Crippen molar-refractivity contribution in [2.75, 3.05) is 0 Å². The quantitative estimate of drug-likeness (QED) is 0.141. The van der Waals surface area contributed by atoms with E-state index in [1.807, 2.05) is 13.8 Å². The third-order valence-corrected chi connectivity index (χ3v) is 20.5. The Morgan fingerprint density at radius 1 is 0.844 bits per heavy atom. The van der Waals surface area contributed by atoms with Gasteiger partial charge in [-0.05, 0) is 70.6 Å². The highest BCUT2D eigenvalue weighted by Crippen LogP contribution is 2.52. The Labute approximate surface area is 276 Å². The summed E-state index contributed by atoms with van der Waals surface area (Å²) in [5, 5.41) is 2.60. The average molecular weight is 641 g/mol. The molecule has 5 heteroatoms. The van der Waals surface area contributed by atoms with Crippen LogP contribution in [0.15, 0.2) is 60.7 Å². The topological polar surface area (TPSA) is 35.5 Å². The van der Waals surface area contributed by atoms with E-state index in [0.29, 0.717) is 18.3 Å². The molecule has 0 aromatic heterocycles. The monoisotopic (exact) mass is 640 g/mol. The van der Waals surface area contributed by atoms with E-state index >= 15 is 0 Å². The van der Waals surface area contributed by atoms with E-state index in [9.17, 15) is 4.79 Å². The van der Waals surface area contributed by atoms with Crippen LogP contribution in [0.5, 0.6) is 0 Å². The molecule has 0 N–H and O–H groups in total. The van der Waals surface area contributed by atoms with Crippen LogP contribution in [0.4, 0.5) is 0 Å². The summed E-state index contributed by atoms with van der Waals surface area (Å²) in [4.78, 5) is 13.1. The van der Waals surface area contributed by atoms with Crippen LogP contribution < -0.4 is 10.4 Å². The van der Waals surface area contributed by atoms with Gasteiger partial charge in [0.1, 0.15) is 0 Å². The Morgan fingerprint density at radius 2 is 1.42 bits per heavy atom. The van der Waals surface area contributed by atoms with Gasteiger partial charge in [-0.1, -0.05) is 122 Å². The van der Waals surface area contributed by atoms with Crippen molar-refractivity contribution in [3.63, 3.8) is 0 Å². The lowest BCUT2D eigenvalue weighted by Gasteiger charge is -2.45. The van der Waals surface area contributed by atoms with Crippen LogP contribution in [0.1, 0.15) is 87.5 Å². The molecule has 0 saturated heterocycles. The maximum Gasteiger partial charge on any atom is 0.261 e. The van der Waals surface area contributed by atoms with E-state index < -0.39 is 16.6 Å². The zero-order valence-corrected chi connectivity index (χ0v) is 31.1. The number of fused-ring (bicyclic) bond motifs is 1.